The zero-order chi connectivity index (χ0) is 27.1. The van der Waals surface area contributed by atoms with Crippen molar-refractivity contribution in [3.8, 4) is 11.3 Å². The fourth-order valence-corrected chi connectivity index (χ4v) is 6.29. The minimum Gasteiger partial charge on any atom is -0.465 e. The van der Waals surface area contributed by atoms with Crippen molar-refractivity contribution in [1.29, 1.82) is 0 Å². The van der Waals surface area contributed by atoms with E-state index in [1.165, 1.54) is 12.8 Å². The van der Waals surface area contributed by atoms with Crippen LogP contribution in [-0.2, 0) is 18.2 Å². The highest BCUT2D eigenvalue weighted by molar-refractivity contribution is 6.39. The molecule has 9 heteroatoms. The fourth-order valence-electron chi connectivity index (χ4n) is 5.71. The molecule has 2 fully saturated rings. The number of rotatable bonds is 7. The van der Waals surface area contributed by atoms with Gasteiger partial charge in [-0.25, -0.2) is 4.79 Å². The Hall–Kier alpha value is -3.00. The number of benzene rings is 2. The molecule has 7 nitrogen and oxygen atoms in total. The first kappa shape index (κ1) is 26.2. The van der Waals surface area contributed by atoms with Crippen LogP contribution in [0.15, 0.2) is 47.1 Å². The molecule has 1 aliphatic heterocycles. The van der Waals surface area contributed by atoms with Gasteiger partial charge in [0.25, 0.3) is 0 Å². The Morgan fingerprint density at radius 2 is 1.90 bits per heavy atom. The van der Waals surface area contributed by atoms with Gasteiger partial charge in [-0.1, -0.05) is 34.4 Å². The van der Waals surface area contributed by atoms with Gasteiger partial charge in [-0.15, -0.1) is 0 Å². The van der Waals surface area contributed by atoms with Gasteiger partial charge >= 0.3 is 5.97 Å². The lowest BCUT2D eigenvalue weighted by Crippen LogP contribution is -2.32. The first-order valence-electron chi connectivity index (χ1n) is 13.5. The fraction of sp³-hybridized carbons (Fsp3) is 0.400. The predicted octanol–water partition coefficient (Wildman–Crippen LogP) is 6.56. The van der Waals surface area contributed by atoms with Crippen molar-refractivity contribution >= 4 is 45.8 Å². The highest BCUT2D eigenvalue weighted by atomic mass is 35.5. The zero-order valence-electron chi connectivity index (χ0n) is 22.3. The minimum atomic E-state index is -0.309. The Kier molecular flexibility index (Phi) is 7.31. The largest absolute Gasteiger partial charge is 0.465 e. The van der Waals surface area contributed by atoms with E-state index in [1.54, 1.807) is 0 Å². The summed E-state index contributed by atoms with van der Waals surface area (Å²) < 4.78 is 12.8. The molecule has 2 aromatic heterocycles. The second-order valence-corrected chi connectivity index (χ2v) is 11.3. The number of anilines is 1. The molecule has 3 heterocycles. The van der Waals surface area contributed by atoms with Crippen LogP contribution >= 0.6 is 23.2 Å². The number of halogens is 2. The van der Waals surface area contributed by atoms with Crippen LogP contribution in [0.3, 0.4) is 0 Å². The van der Waals surface area contributed by atoms with Gasteiger partial charge in [0.15, 0.2) is 0 Å². The molecule has 4 aromatic rings. The maximum atomic E-state index is 12.2. The average Bonchev–Trinajstić information content (AvgIpc) is 3.67. The lowest BCUT2D eigenvalue weighted by Gasteiger charge is -2.24. The number of aryl methyl sites for hydroxylation is 1. The van der Waals surface area contributed by atoms with Crippen molar-refractivity contribution in [1.82, 2.24) is 14.6 Å². The summed E-state index contributed by atoms with van der Waals surface area (Å²) in [5.74, 6) is 1.14. The Labute approximate surface area is 238 Å². The van der Waals surface area contributed by atoms with Crippen molar-refractivity contribution in [2.24, 2.45) is 7.05 Å². The molecule has 1 aliphatic carbocycles. The van der Waals surface area contributed by atoms with E-state index in [2.05, 4.69) is 27.1 Å². The molecule has 2 aliphatic rings. The molecular weight excluding hydrogens is 535 g/mol. The monoisotopic (exact) mass is 566 g/mol. The smallest absolute Gasteiger partial charge is 0.340 e. The van der Waals surface area contributed by atoms with E-state index in [9.17, 15) is 4.79 Å². The first-order chi connectivity index (χ1) is 18.9. The summed E-state index contributed by atoms with van der Waals surface area (Å²) in [6.07, 6.45) is 6.04. The second-order valence-electron chi connectivity index (χ2n) is 10.5. The van der Waals surface area contributed by atoms with Crippen LogP contribution in [0.4, 0.5) is 5.69 Å². The molecule has 0 unspecified atom stereocenters. The lowest BCUT2D eigenvalue weighted by molar-refractivity contribution is 0.0602. The summed E-state index contributed by atoms with van der Waals surface area (Å²) >= 11 is 13.1. The van der Waals surface area contributed by atoms with Gasteiger partial charge in [-0.05, 0) is 62.6 Å². The van der Waals surface area contributed by atoms with Gasteiger partial charge in [-0.2, -0.15) is 0 Å². The lowest BCUT2D eigenvalue weighted by atomic mass is 10.0. The highest BCUT2D eigenvalue weighted by Gasteiger charge is 2.33. The minimum absolute atomic E-state index is 0.309. The van der Waals surface area contributed by atoms with Crippen LogP contribution in [0.5, 0.6) is 0 Å². The topological polar surface area (TPSA) is 63.7 Å². The second kappa shape index (κ2) is 10.9. The Bertz CT molecular complexity index is 1500. The van der Waals surface area contributed by atoms with Crippen molar-refractivity contribution in [3.05, 3.63) is 69.5 Å². The molecule has 0 N–H and O–H groups in total. The van der Waals surface area contributed by atoms with E-state index in [-0.39, 0.29) is 5.97 Å². The number of hydrogen-bond donors (Lipinski definition) is 0. The van der Waals surface area contributed by atoms with Crippen molar-refractivity contribution < 1.29 is 14.1 Å². The number of esters is 1. The molecule has 0 spiro atoms. The molecule has 0 bridgehead atoms. The maximum Gasteiger partial charge on any atom is 0.340 e. The van der Waals surface area contributed by atoms with Crippen molar-refractivity contribution in [2.75, 3.05) is 44.7 Å². The maximum absolute atomic E-state index is 12.2. The third-order valence-electron chi connectivity index (χ3n) is 7.98. The number of methoxy groups -OCH3 is 1. The normalized spacial score (nSPS) is 16.6. The van der Waals surface area contributed by atoms with Crippen LogP contribution in [-0.4, -0.2) is 60.4 Å². The van der Waals surface area contributed by atoms with Gasteiger partial charge in [0.2, 0.25) is 0 Å². The predicted molar refractivity (Wildman–Crippen MR) is 155 cm³/mol. The van der Waals surface area contributed by atoms with E-state index in [4.69, 9.17) is 32.5 Å². The summed E-state index contributed by atoms with van der Waals surface area (Å²) in [5.41, 5.74) is 5.49. The molecular formula is C30H32Cl2N4O3. The van der Waals surface area contributed by atoms with Gasteiger partial charge in [0.05, 0.1) is 28.2 Å². The van der Waals surface area contributed by atoms with E-state index < -0.39 is 0 Å². The number of fused-ring (bicyclic) bond motifs is 1. The molecule has 2 aromatic carbocycles. The van der Waals surface area contributed by atoms with E-state index in [0.29, 0.717) is 21.5 Å². The Morgan fingerprint density at radius 3 is 2.64 bits per heavy atom. The van der Waals surface area contributed by atoms with Crippen molar-refractivity contribution in [2.45, 2.75) is 31.6 Å². The van der Waals surface area contributed by atoms with E-state index >= 15 is 0 Å². The quantitative estimate of drug-likeness (QED) is 0.236. The number of aromatic nitrogens is 2. The van der Waals surface area contributed by atoms with Gasteiger partial charge in [0.1, 0.15) is 11.5 Å². The number of hydrogen-bond acceptors (Lipinski definition) is 6. The zero-order valence-corrected chi connectivity index (χ0v) is 23.8. The van der Waals surface area contributed by atoms with Crippen LogP contribution < -0.4 is 4.90 Å². The van der Waals surface area contributed by atoms with Gasteiger partial charge < -0.3 is 23.6 Å². The number of ether oxygens (including phenoxy) is 1. The van der Waals surface area contributed by atoms with Crippen LogP contribution in [0.2, 0.25) is 10.0 Å². The molecule has 0 atom stereocenters. The van der Waals surface area contributed by atoms with Crippen LogP contribution in [0.1, 0.15) is 46.9 Å². The molecule has 6 rings (SSSR count). The average molecular weight is 568 g/mol. The van der Waals surface area contributed by atoms with E-state index in [0.717, 1.165) is 91.9 Å². The third kappa shape index (κ3) is 5.15. The van der Waals surface area contributed by atoms with Crippen LogP contribution in [0.25, 0.3) is 22.2 Å². The summed E-state index contributed by atoms with van der Waals surface area (Å²) in [7, 11) is 3.38. The standard InChI is InChI=1S/C30H32Cl2N4O3/c1-34-18-23(30(37)38-2)21-10-9-20(17-26(21)34)36-13-4-12-35(15-16-36)14-11-22-28(33-39-29(22)19-7-8-19)27-24(31)5-3-6-25(27)32/h3,5-6,9-10,17-19H,4,7-8,11-16H2,1-2H3. The molecule has 204 valence electrons. The number of nitrogens with zero attached hydrogens (tertiary/aromatic N) is 4. The molecule has 0 amide bonds. The van der Waals surface area contributed by atoms with Crippen molar-refractivity contribution in [3.63, 3.8) is 0 Å². The summed E-state index contributed by atoms with van der Waals surface area (Å²) in [6, 6.07) is 11.9. The number of carbonyl (C=O) groups excluding carboxylic acids is 1. The number of carbonyl (C=O) groups is 1. The molecule has 1 saturated heterocycles. The Balaban J connectivity index is 1.17. The summed E-state index contributed by atoms with van der Waals surface area (Å²) in [4.78, 5) is 17.1. The summed E-state index contributed by atoms with van der Waals surface area (Å²) in [6.45, 7) is 4.83. The van der Waals surface area contributed by atoms with Gasteiger partial charge in [0, 0.05) is 67.5 Å². The molecule has 1 saturated carbocycles. The third-order valence-corrected chi connectivity index (χ3v) is 8.61. The first-order valence-corrected chi connectivity index (χ1v) is 14.3. The molecule has 39 heavy (non-hydrogen) atoms. The van der Waals surface area contributed by atoms with Gasteiger partial charge in [-0.3, -0.25) is 0 Å². The van der Waals surface area contributed by atoms with Crippen LogP contribution in [0, 0.1) is 0 Å². The SMILES string of the molecule is COC(=O)c1cn(C)c2cc(N3CCCN(CCc4c(-c5c(Cl)cccc5Cl)noc4C4CC4)CC3)ccc12. The summed E-state index contributed by atoms with van der Waals surface area (Å²) in [5, 5.41) is 6.56. The highest BCUT2D eigenvalue weighted by Crippen LogP contribution is 2.46. The molecule has 0 radical (unpaired) electrons. The van der Waals surface area contributed by atoms with E-state index in [1.807, 2.05) is 42.1 Å². The Morgan fingerprint density at radius 1 is 1.10 bits per heavy atom.